The molecule has 7 heteroatoms. The van der Waals surface area contributed by atoms with Crippen LogP contribution in [-0.4, -0.2) is 33.6 Å². The van der Waals surface area contributed by atoms with Gasteiger partial charge in [0.05, 0.1) is 33.8 Å². The van der Waals surface area contributed by atoms with Gasteiger partial charge in [0.15, 0.2) is 0 Å². The first-order valence-corrected chi connectivity index (χ1v) is 8.28. The van der Waals surface area contributed by atoms with Gasteiger partial charge in [-0.15, -0.1) is 23.2 Å². The van der Waals surface area contributed by atoms with Crippen LogP contribution >= 0.6 is 23.2 Å². The van der Waals surface area contributed by atoms with Crippen LogP contribution in [0.4, 0.5) is 5.69 Å². The van der Waals surface area contributed by atoms with Gasteiger partial charge < -0.3 is 5.11 Å². The van der Waals surface area contributed by atoms with Crippen LogP contribution in [0.3, 0.4) is 0 Å². The molecule has 0 radical (unpaired) electrons. The van der Waals surface area contributed by atoms with Crippen molar-refractivity contribution >= 4 is 46.7 Å². The third kappa shape index (κ3) is 1.90. The van der Waals surface area contributed by atoms with Crippen LogP contribution in [0, 0.1) is 23.7 Å². The zero-order chi connectivity index (χ0) is 16.5. The molecule has 2 aliphatic carbocycles. The van der Waals surface area contributed by atoms with E-state index in [1.54, 1.807) is 0 Å². The molecule has 0 unspecified atom stereocenters. The van der Waals surface area contributed by atoms with Crippen molar-refractivity contribution in [3.05, 3.63) is 29.8 Å². The lowest BCUT2D eigenvalue weighted by Crippen LogP contribution is -2.37. The molecule has 1 saturated heterocycles. The Bertz CT molecular complexity index is 687. The fraction of sp³-hybridized carbons (Fsp3) is 0.438. The summed E-state index contributed by atoms with van der Waals surface area (Å²) in [6.45, 7) is 0. The molecule has 3 fully saturated rings. The number of halogens is 2. The summed E-state index contributed by atoms with van der Waals surface area (Å²) < 4.78 is 0. The highest BCUT2D eigenvalue weighted by atomic mass is 35.5. The van der Waals surface area contributed by atoms with Gasteiger partial charge in [-0.3, -0.25) is 14.5 Å². The molecule has 2 saturated carbocycles. The fourth-order valence-electron chi connectivity index (χ4n) is 4.36. The van der Waals surface area contributed by atoms with Gasteiger partial charge in [-0.05, 0) is 42.5 Å². The normalized spacial score (nSPS) is 38.3. The second-order valence-corrected chi connectivity index (χ2v) is 7.38. The van der Waals surface area contributed by atoms with E-state index >= 15 is 0 Å². The zero-order valence-electron chi connectivity index (χ0n) is 11.9. The van der Waals surface area contributed by atoms with Gasteiger partial charge >= 0.3 is 5.97 Å². The first kappa shape index (κ1) is 15.0. The zero-order valence-corrected chi connectivity index (χ0v) is 13.4. The van der Waals surface area contributed by atoms with Crippen LogP contribution in [0.15, 0.2) is 24.3 Å². The summed E-state index contributed by atoms with van der Waals surface area (Å²) in [5, 5.41) is 8.37. The van der Waals surface area contributed by atoms with E-state index in [1.165, 1.54) is 29.2 Å². The summed E-state index contributed by atoms with van der Waals surface area (Å²) in [5.41, 5.74) is 0.505. The van der Waals surface area contributed by atoms with Gasteiger partial charge in [0.1, 0.15) is 0 Å². The number of fused-ring (bicyclic) bond motifs is 5. The number of rotatable bonds is 2. The van der Waals surface area contributed by atoms with Crippen molar-refractivity contribution in [3.63, 3.8) is 0 Å². The van der Waals surface area contributed by atoms with Crippen LogP contribution < -0.4 is 4.90 Å². The van der Waals surface area contributed by atoms with Crippen LogP contribution in [0.25, 0.3) is 0 Å². The summed E-state index contributed by atoms with van der Waals surface area (Å²) in [6.07, 6.45) is 0.723. The molecule has 1 aliphatic heterocycles. The molecule has 1 N–H and O–H groups in total. The number of carbonyl (C=O) groups is 3. The summed E-state index contributed by atoms with van der Waals surface area (Å²) in [7, 11) is 0. The molecule has 3 aliphatic rings. The Morgan fingerprint density at radius 3 is 1.91 bits per heavy atom. The van der Waals surface area contributed by atoms with E-state index in [9.17, 15) is 14.4 Å². The maximum atomic E-state index is 12.7. The lowest BCUT2D eigenvalue weighted by atomic mass is 9.80. The number of amides is 2. The Hall–Kier alpha value is -1.59. The molecule has 1 aromatic carbocycles. The standard InChI is InChI=1S/C16H13Cl2NO4/c17-12-8-5-9(13(12)18)11-10(8)14(20)19(15(11)21)7-3-1-6(2-4-7)16(22)23/h1-4,8-13H,5H2,(H,22,23)/t8-,9+,10+,11-,12-,13-/m1/s1. The van der Waals surface area contributed by atoms with Gasteiger partial charge in [-0.1, -0.05) is 0 Å². The van der Waals surface area contributed by atoms with Gasteiger partial charge in [-0.2, -0.15) is 0 Å². The molecule has 1 aromatic rings. The van der Waals surface area contributed by atoms with E-state index in [0.717, 1.165) is 6.42 Å². The van der Waals surface area contributed by atoms with Crippen molar-refractivity contribution in [2.75, 3.05) is 4.90 Å². The van der Waals surface area contributed by atoms with Gasteiger partial charge in [0, 0.05) is 0 Å². The SMILES string of the molecule is O=C(O)c1ccc(N2C(=O)[C@@H]3[C@@H]4C[C@@H]([C@@H](Cl)[C@@H]4Cl)[C@@H]3C2=O)cc1. The lowest BCUT2D eigenvalue weighted by Gasteiger charge is -2.28. The number of carbonyl (C=O) groups excluding carboxylic acids is 2. The molecule has 6 atom stereocenters. The second-order valence-electron chi connectivity index (χ2n) is 6.37. The smallest absolute Gasteiger partial charge is 0.335 e. The Morgan fingerprint density at radius 2 is 1.48 bits per heavy atom. The maximum Gasteiger partial charge on any atom is 0.335 e. The number of anilines is 1. The average Bonchev–Trinajstić information content (AvgIpc) is 3.12. The van der Waals surface area contributed by atoms with Crippen LogP contribution in [-0.2, 0) is 9.59 Å². The monoisotopic (exact) mass is 353 g/mol. The molecular weight excluding hydrogens is 341 g/mol. The van der Waals surface area contributed by atoms with E-state index in [-0.39, 0.29) is 40.0 Å². The predicted octanol–water partition coefficient (Wildman–Crippen LogP) is 2.35. The third-order valence-corrected chi connectivity index (χ3v) is 6.68. The highest BCUT2D eigenvalue weighted by Gasteiger charge is 2.66. The molecule has 23 heavy (non-hydrogen) atoms. The molecule has 5 nitrogen and oxygen atoms in total. The van der Waals surface area contributed by atoms with Crippen molar-refractivity contribution in [1.29, 1.82) is 0 Å². The van der Waals surface area contributed by atoms with Gasteiger partial charge in [0.2, 0.25) is 11.8 Å². The lowest BCUT2D eigenvalue weighted by molar-refractivity contribution is -0.123. The number of imide groups is 1. The summed E-state index contributed by atoms with van der Waals surface area (Å²) >= 11 is 12.6. The maximum absolute atomic E-state index is 12.7. The molecule has 4 rings (SSSR count). The molecule has 2 bridgehead atoms. The summed E-state index contributed by atoms with van der Waals surface area (Å²) in [4.78, 5) is 37.6. The van der Waals surface area contributed by atoms with Crippen LogP contribution in [0.5, 0.6) is 0 Å². The number of nitrogens with zero attached hydrogens (tertiary/aromatic N) is 1. The number of alkyl halides is 2. The number of carboxylic acid groups (broad SMARTS) is 1. The number of hydrogen-bond acceptors (Lipinski definition) is 3. The number of hydrogen-bond donors (Lipinski definition) is 1. The Labute approximate surface area is 142 Å². The molecule has 120 valence electrons. The fourth-order valence-corrected chi connectivity index (χ4v) is 5.25. The minimum absolute atomic E-state index is 0.0612. The highest BCUT2D eigenvalue weighted by molar-refractivity contribution is 6.32. The Balaban J connectivity index is 1.68. The van der Waals surface area contributed by atoms with Crippen molar-refractivity contribution in [1.82, 2.24) is 0 Å². The van der Waals surface area contributed by atoms with Crippen LogP contribution in [0.1, 0.15) is 16.8 Å². The van der Waals surface area contributed by atoms with Crippen molar-refractivity contribution in [2.24, 2.45) is 23.7 Å². The number of benzene rings is 1. The van der Waals surface area contributed by atoms with E-state index in [1.807, 2.05) is 0 Å². The summed E-state index contributed by atoms with van der Waals surface area (Å²) in [5.74, 6) is -2.47. The van der Waals surface area contributed by atoms with Crippen molar-refractivity contribution in [3.8, 4) is 0 Å². The van der Waals surface area contributed by atoms with E-state index in [4.69, 9.17) is 28.3 Å². The molecule has 0 aromatic heterocycles. The summed E-state index contributed by atoms with van der Waals surface area (Å²) in [6, 6.07) is 5.74. The number of aromatic carboxylic acids is 1. The first-order chi connectivity index (χ1) is 10.9. The number of carboxylic acids is 1. The second kappa shape index (κ2) is 4.95. The quantitative estimate of drug-likeness (QED) is 0.654. The van der Waals surface area contributed by atoms with E-state index < -0.39 is 17.8 Å². The van der Waals surface area contributed by atoms with Crippen molar-refractivity contribution < 1.29 is 19.5 Å². The predicted molar refractivity (Wildman–Crippen MR) is 83.8 cm³/mol. The largest absolute Gasteiger partial charge is 0.478 e. The molecule has 1 heterocycles. The van der Waals surface area contributed by atoms with Gasteiger partial charge in [-0.25, -0.2) is 4.79 Å². The minimum atomic E-state index is -1.06. The molecular formula is C16H13Cl2NO4. The van der Waals surface area contributed by atoms with E-state index in [2.05, 4.69) is 0 Å². The Morgan fingerprint density at radius 1 is 1.00 bits per heavy atom. The first-order valence-electron chi connectivity index (χ1n) is 7.41. The average molecular weight is 354 g/mol. The van der Waals surface area contributed by atoms with E-state index in [0.29, 0.717) is 5.69 Å². The third-order valence-electron chi connectivity index (χ3n) is 5.36. The highest BCUT2D eigenvalue weighted by Crippen LogP contribution is 2.59. The van der Waals surface area contributed by atoms with Gasteiger partial charge in [0.25, 0.3) is 0 Å². The van der Waals surface area contributed by atoms with Crippen molar-refractivity contribution in [2.45, 2.75) is 17.2 Å². The topological polar surface area (TPSA) is 74.7 Å². The van der Waals surface area contributed by atoms with Crippen LogP contribution in [0.2, 0.25) is 0 Å². The molecule has 0 spiro atoms. The minimum Gasteiger partial charge on any atom is -0.478 e. The Kier molecular flexibility index (Phi) is 3.22. The molecule has 2 amide bonds.